The molecule has 0 aliphatic carbocycles. The number of hydrogen-bond acceptors (Lipinski definition) is 3. The van der Waals surface area contributed by atoms with Crippen LogP contribution in [0.15, 0.2) is 54.6 Å². The minimum absolute atomic E-state index is 0.0160. The molecular formula is C18H21ClN2O2. The van der Waals surface area contributed by atoms with Gasteiger partial charge in [0.25, 0.3) is 0 Å². The van der Waals surface area contributed by atoms with Crippen LogP contribution in [0.1, 0.15) is 5.56 Å². The molecule has 5 heteroatoms. The van der Waals surface area contributed by atoms with Gasteiger partial charge in [0.2, 0.25) is 5.91 Å². The van der Waals surface area contributed by atoms with Crippen molar-refractivity contribution >= 4 is 23.2 Å². The van der Waals surface area contributed by atoms with Gasteiger partial charge in [0.1, 0.15) is 0 Å². The Morgan fingerprint density at radius 3 is 2.48 bits per heavy atom. The van der Waals surface area contributed by atoms with Crippen molar-refractivity contribution in [1.29, 1.82) is 0 Å². The van der Waals surface area contributed by atoms with Crippen molar-refractivity contribution in [3.63, 3.8) is 0 Å². The van der Waals surface area contributed by atoms with Gasteiger partial charge in [-0.15, -0.1) is 0 Å². The van der Waals surface area contributed by atoms with E-state index < -0.39 is 0 Å². The van der Waals surface area contributed by atoms with Gasteiger partial charge in [0.15, 0.2) is 0 Å². The molecular weight excluding hydrogens is 312 g/mol. The summed E-state index contributed by atoms with van der Waals surface area (Å²) in [5, 5.41) is 3.78. The van der Waals surface area contributed by atoms with E-state index in [0.29, 0.717) is 24.7 Å². The molecule has 2 aromatic rings. The minimum Gasteiger partial charge on any atom is -0.383 e. The molecule has 0 aliphatic rings. The fourth-order valence-corrected chi connectivity index (χ4v) is 2.29. The molecule has 0 bridgehead atoms. The van der Waals surface area contributed by atoms with E-state index in [4.69, 9.17) is 16.3 Å². The van der Waals surface area contributed by atoms with Crippen molar-refractivity contribution in [3.8, 4) is 0 Å². The number of ether oxygens (including phenoxy) is 1. The maximum atomic E-state index is 12.6. The number of benzene rings is 2. The second-order valence-electron chi connectivity index (χ2n) is 5.11. The van der Waals surface area contributed by atoms with Crippen LogP contribution in [0.3, 0.4) is 0 Å². The summed E-state index contributed by atoms with van der Waals surface area (Å²) in [6.45, 7) is 2.00. The molecule has 4 nitrogen and oxygen atoms in total. The number of hydrogen-bond donors (Lipinski definition) is 1. The average Bonchev–Trinajstić information content (AvgIpc) is 2.59. The third-order valence-electron chi connectivity index (χ3n) is 3.38. The van der Waals surface area contributed by atoms with E-state index in [2.05, 4.69) is 5.32 Å². The summed E-state index contributed by atoms with van der Waals surface area (Å²) >= 11 is 5.92. The Labute approximate surface area is 142 Å². The number of nitrogens with zero attached hydrogens (tertiary/aromatic N) is 1. The lowest BCUT2D eigenvalue weighted by molar-refractivity contribution is -0.118. The molecule has 0 saturated carbocycles. The molecule has 0 aliphatic heterocycles. The summed E-state index contributed by atoms with van der Waals surface area (Å²) in [7, 11) is 1.64. The summed E-state index contributed by atoms with van der Waals surface area (Å²) in [4.78, 5) is 14.3. The van der Waals surface area contributed by atoms with E-state index in [9.17, 15) is 4.79 Å². The highest BCUT2D eigenvalue weighted by molar-refractivity contribution is 6.30. The number of nitrogens with one attached hydrogen (secondary N) is 1. The van der Waals surface area contributed by atoms with Gasteiger partial charge >= 0.3 is 0 Å². The van der Waals surface area contributed by atoms with Crippen LogP contribution in [-0.4, -0.2) is 32.7 Å². The third kappa shape index (κ3) is 5.67. The number of carbonyl (C=O) groups excluding carboxylic acids is 1. The molecule has 2 aromatic carbocycles. The predicted molar refractivity (Wildman–Crippen MR) is 93.8 cm³/mol. The number of anilines is 1. The van der Waals surface area contributed by atoms with Gasteiger partial charge in [-0.25, -0.2) is 0 Å². The van der Waals surface area contributed by atoms with Crippen LogP contribution in [0.2, 0.25) is 5.02 Å². The molecule has 122 valence electrons. The first kappa shape index (κ1) is 17.5. The van der Waals surface area contributed by atoms with E-state index in [1.165, 1.54) is 0 Å². The first-order valence-electron chi connectivity index (χ1n) is 7.50. The fourth-order valence-electron chi connectivity index (χ4n) is 2.17. The highest BCUT2D eigenvalue weighted by atomic mass is 35.5. The Kier molecular flexibility index (Phi) is 7.07. The van der Waals surface area contributed by atoms with Crippen molar-refractivity contribution in [3.05, 3.63) is 65.2 Å². The zero-order valence-electron chi connectivity index (χ0n) is 13.2. The van der Waals surface area contributed by atoms with Crippen molar-refractivity contribution in [1.82, 2.24) is 5.32 Å². The molecule has 1 amide bonds. The van der Waals surface area contributed by atoms with Crippen molar-refractivity contribution in [2.75, 3.05) is 31.7 Å². The minimum atomic E-state index is 0.0160. The molecule has 1 N–H and O–H groups in total. The summed E-state index contributed by atoms with van der Waals surface area (Å²) in [6, 6.07) is 17.2. The number of halogens is 1. The zero-order chi connectivity index (χ0) is 16.5. The van der Waals surface area contributed by atoms with Crippen molar-refractivity contribution in [2.24, 2.45) is 0 Å². The van der Waals surface area contributed by atoms with Gasteiger partial charge < -0.3 is 15.0 Å². The first-order chi connectivity index (χ1) is 11.2. The highest BCUT2D eigenvalue weighted by Crippen LogP contribution is 2.18. The highest BCUT2D eigenvalue weighted by Gasteiger charge is 2.15. The van der Waals surface area contributed by atoms with E-state index >= 15 is 0 Å². The molecule has 0 atom stereocenters. The standard InChI is InChI=1S/C18H21ClN2O2/c1-23-12-11-20-13-18(22)21(17-5-3-2-4-6-17)14-15-7-9-16(19)10-8-15/h2-10,20H,11-14H2,1H3. The largest absolute Gasteiger partial charge is 0.383 e. The summed E-state index contributed by atoms with van der Waals surface area (Å²) in [5.41, 5.74) is 1.91. The van der Waals surface area contributed by atoms with E-state index in [-0.39, 0.29) is 12.5 Å². The fraction of sp³-hybridized carbons (Fsp3) is 0.278. The Bertz CT molecular complexity index is 602. The molecule has 2 rings (SSSR count). The van der Waals surface area contributed by atoms with Gasteiger partial charge in [-0.2, -0.15) is 0 Å². The van der Waals surface area contributed by atoms with Gasteiger partial charge in [-0.1, -0.05) is 41.9 Å². The van der Waals surface area contributed by atoms with Gasteiger partial charge in [0, 0.05) is 24.4 Å². The van der Waals surface area contributed by atoms with Gasteiger partial charge in [0.05, 0.1) is 19.7 Å². The van der Waals surface area contributed by atoms with Crippen LogP contribution in [0.4, 0.5) is 5.69 Å². The molecule has 0 unspecified atom stereocenters. The number of methoxy groups -OCH3 is 1. The van der Waals surface area contributed by atoms with Crippen molar-refractivity contribution < 1.29 is 9.53 Å². The molecule has 0 aromatic heterocycles. The van der Waals surface area contributed by atoms with E-state index in [0.717, 1.165) is 11.3 Å². The summed E-state index contributed by atoms with van der Waals surface area (Å²) in [6.07, 6.45) is 0. The Morgan fingerprint density at radius 2 is 1.83 bits per heavy atom. The molecule has 0 radical (unpaired) electrons. The van der Waals surface area contributed by atoms with Crippen LogP contribution >= 0.6 is 11.6 Å². The monoisotopic (exact) mass is 332 g/mol. The smallest absolute Gasteiger partial charge is 0.241 e. The maximum absolute atomic E-state index is 12.6. The zero-order valence-corrected chi connectivity index (χ0v) is 13.9. The van der Waals surface area contributed by atoms with Crippen LogP contribution in [-0.2, 0) is 16.1 Å². The SMILES string of the molecule is COCCNCC(=O)N(Cc1ccc(Cl)cc1)c1ccccc1. The van der Waals surface area contributed by atoms with E-state index in [1.807, 2.05) is 54.6 Å². The van der Waals surface area contributed by atoms with Crippen LogP contribution in [0.5, 0.6) is 0 Å². The van der Waals surface area contributed by atoms with Crippen LogP contribution in [0.25, 0.3) is 0 Å². The Morgan fingerprint density at radius 1 is 1.13 bits per heavy atom. The summed E-state index contributed by atoms with van der Waals surface area (Å²) < 4.78 is 4.98. The molecule has 23 heavy (non-hydrogen) atoms. The number of amides is 1. The number of para-hydroxylation sites is 1. The second kappa shape index (κ2) is 9.30. The topological polar surface area (TPSA) is 41.6 Å². The van der Waals surface area contributed by atoms with Gasteiger partial charge in [-0.3, -0.25) is 4.79 Å². The lowest BCUT2D eigenvalue weighted by atomic mass is 10.2. The summed E-state index contributed by atoms with van der Waals surface area (Å²) in [5.74, 6) is 0.0160. The molecule has 0 saturated heterocycles. The predicted octanol–water partition coefficient (Wildman–Crippen LogP) is 3.11. The quantitative estimate of drug-likeness (QED) is 0.755. The molecule has 0 fully saturated rings. The maximum Gasteiger partial charge on any atom is 0.241 e. The number of carbonyl (C=O) groups is 1. The third-order valence-corrected chi connectivity index (χ3v) is 3.63. The lowest BCUT2D eigenvalue weighted by Gasteiger charge is -2.23. The van der Waals surface area contributed by atoms with Crippen LogP contribution in [0, 0.1) is 0 Å². The average molecular weight is 333 g/mol. The lowest BCUT2D eigenvalue weighted by Crippen LogP contribution is -2.38. The second-order valence-corrected chi connectivity index (χ2v) is 5.55. The Balaban J connectivity index is 2.08. The Hall–Kier alpha value is -1.88. The van der Waals surface area contributed by atoms with Crippen LogP contribution < -0.4 is 10.2 Å². The number of rotatable bonds is 8. The van der Waals surface area contributed by atoms with E-state index in [1.54, 1.807) is 12.0 Å². The normalized spacial score (nSPS) is 10.5. The van der Waals surface area contributed by atoms with Gasteiger partial charge in [-0.05, 0) is 29.8 Å². The molecule has 0 spiro atoms. The first-order valence-corrected chi connectivity index (χ1v) is 7.88. The molecule has 0 heterocycles. The van der Waals surface area contributed by atoms with Crippen molar-refractivity contribution in [2.45, 2.75) is 6.54 Å².